The summed E-state index contributed by atoms with van der Waals surface area (Å²) in [7, 11) is 2.89. The van der Waals surface area contributed by atoms with Crippen molar-refractivity contribution in [2.45, 2.75) is 6.16 Å². The van der Waals surface area contributed by atoms with Crippen LogP contribution in [-0.2, 0) is 18.9 Å². The molecular formula is C6H10O4. The molecule has 0 aromatic heterocycles. The van der Waals surface area contributed by atoms with Crippen LogP contribution in [0.3, 0.4) is 0 Å². The molecule has 0 aliphatic carbocycles. The molecule has 1 heterocycles. The van der Waals surface area contributed by atoms with Crippen molar-refractivity contribution in [3.8, 4) is 0 Å². The van der Waals surface area contributed by atoms with Gasteiger partial charge in [-0.3, -0.25) is 14.2 Å². The Kier molecular flexibility index (Phi) is 2.26. The van der Waals surface area contributed by atoms with Crippen LogP contribution in [0.15, 0.2) is 12.3 Å². The normalized spacial score (nSPS) is 22.2. The van der Waals surface area contributed by atoms with E-state index in [1.165, 1.54) is 20.5 Å². The van der Waals surface area contributed by atoms with Crippen molar-refractivity contribution in [1.82, 2.24) is 0 Å². The van der Waals surface area contributed by atoms with Crippen molar-refractivity contribution < 1.29 is 18.9 Å². The summed E-state index contributed by atoms with van der Waals surface area (Å²) in [6.07, 6.45) is 1.88. The summed E-state index contributed by atoms with van der Waals surface area (Å²) < 4.78 is 19.5. The highest BCUT2D eigenvalue weighted by Crippen LogP contribution is 2.18. The van der Waals surface area contributed by atoms with Gasteiger partial charge in [0.25, 0.3) is 0 Å². The van der Waals surface area contributed by atoms with Crippen molar-refractivity contribution >= 4 is 0 Å². The van der Waals surface area contributed by atoms with Gasteiger partial charge in [0.15, 0.2) is 0 Å². The van der Waals surface area contributed by atoms with Gasteiger partial charge in [0, 0.05) is 14.2 Å². The van der Waals surface area contributed by atoms with Crippen molar-refractivity contribution in [3.63, 3.8) is 0 Å². The van der Waals surface area contributed by atoms with E-state index in [9.17, 15) is 0 Å². The van der Waals surface area contributed by atoms with Crippen LogP contribution in [-0.4, -0.2) is 27.0 Å². The van der Waals surface area contributed by atoms with Gasteiger partial charge >= 0.3 is 6.16 Å². The van der Waals surface area contributed by atoms with Gasteiger partial charge < -0.3 is 4.74 Å². The molecular weight excluding hydrogens is 136 g/mol. The average Bonchev–Trinajstić information content (AvgIpc) is 2.06. The molecule has 0 saturated heterocycles. The van der Waals surface area contributed by atoms with Gasteiger partial charge in [-0.2, -0.15) is 0 Å². The first-order valence-electron chi connectivity index (χ1n) is 2.90. The van der Waals surface area contributed by atoms with E-state index in [4.69, 9.17) is 18.9 Å². The van der Waals surface area contributed by atoms with Gasteiger partial charge in [0.1, 0.15) is 0 Å². The molecule has 0 spiro atoms. The van der Waals surface area contributed by atoms with E-state index in [0.29, 0.717) is 6.61 Å². The number of hydrogen-bond acceptors (Lipinski definition) is 4. The Labute approximate surface area is 59.3 Å². The summed E-state index contributed by atoms with van der Waals surface area (Å²) in [5.41, 5.74) is 0. The highest BCUT2D eigenvalue weighted by atomic mass is 17.0. The molecule has 0 amide bonds. The summed E-state index contributed by atoms with van der Waals surface area (Å²) in [5.74, 6) is 0. The highest BCUT2D eigenvalue weighted by Gasteiger charge is 2.34. The second-order valence-corrected chi connectivity index (χ2v) is 1.71. The molecule has 0 aromatic carbocycles. The van der Waals surface area contributed by atoms with E-state index in [1.807, 2.05) is 0 Å². The lowest BCUT2D eigenvalue weighted by Gasteiger charge is -2.29. The van der Waals surface area contributed by atoms with E-state index in [-0.39, 0.29) is 0 Å². The van der Waals surface area contributed by atoms with Gasteiger partial charge in [-0.15, -0.1) is 0 Å². The molecule has 0 N–H and O–H groups in total. The Morgan fingerprint density at radius 3 is 2.40 bits per heavy atom. The maximum Gasteiger partial charge on any atom is 0.460 e. The second-order valence-electron chi connectivity index (χ2n) is 1.71. The molecule has 0 radical (unpaired) electrons. The smallest absolute Gasteiger partial charge is 0.425 e. The van der Waals surface area contributed by atoms with E-state index in [1.54, 1.807) is 6.08 Å². The summed E-state index contributed by atoms with van der Waals surface area (Å²) in [4.78, 5) is 0. The molecule has 1 aliphatic rings. The molecule has 0 unspecified atom stereocenters. The average molecular weight is 146 g/mol. The lowest BCUT2D eigenvalue weighted by atomic mass is 10.6. The highest BCUT2D eigenvalue weighted by molar-refractivity contribution is 4.77. The Hall–Kier alpha value is -0.580. The quantitative estimate of drug-likeness (QED) is 0.530. The van der Waals surface area contributed by atoms with Gasteiger partial charge in [0.05, 0.1) is 12.9 Å². The molecule has 0 fully saturated rings. The van der Waals surface area contributed by atoms with Crippen LogP contribution in [0.25, 0.3) is 0 Å². The monoisotopic (exact) mass is 146 g/mol. The third-order valence-corrected chi connectivity index (χ3v) is 1.16. The van der Waals surface area contributed by atoms with Crippen LogP contribution in [0, 0.1) is 0 Å². The topological polar surface area (TPSA) is 36.9 Å². The molecule has 0 aromatic rings. The number of hydrogen-bond donors (Lipinski definition) is 0. The first-order chi connectivity index (χ1) is 4.83. The molecule has 0 atom stereocenters. The third kappa shape index (κ3) is 1.29. The maximum atomic E-state index is 5.01. The fourth-order valence-electron chi connectivity index (χ4n) is 0.652. The lowest BCUT2D eigenvalue weighted by molar-refractivity contribution is -0.473. The molecule has 10 heavy (non-hydrogen) atoms. The Morgan fingerprint density at radius 1 is 1.40 bits per heavy atom. The van der Waals surface area contributed by atoms with Crippen molar-refractivity contribution in [1.29, 1.82) is 0 Å². The van der Waals surface area contributed by atoms with Crippen LogP contribution in [0.4, 0.5) is 0 Å². The minimum absolute atomic E-state index is 0.432. The summed E-state index contributed by atoms with van der Waals surface area (Å²) >= 11 is 0. The maximum absolute atomic E-state index is 5.01. The zero-order chi connectivity index (χ0) is 7.45. The molecule has 4 nitrogen and oxygen atoms in total. The second kappa shape index (κ2) is 3.01. The first-order valence-corrected chi connectivity index (χ1v) is 2.90. The van der Waals surface area contributed by atoms with Crippen molar-refractivity contribution in [2.75, 3.05) is 20.8 Å². The summed E-state index contributed by atoms with van der Waals surface area (Å²) in [5, 5.41) is 0. The molecule has 1 aliphatic heterocycles. The molecule has 58 valence electrons. The summed E-state index contributed by atoms with van der Waals surface area (Å²) in [6, 6.07) is 0. The third-order valence-electron chi connectivity index (χ3n) is 1.16. The predicted octanol–water partition coefficient (Wildman–Crippen LogP) is 0.451. The molecule has 4 heteroatoms. The molecule has 0 bridgehead atoms. The zero-order valence-electron chi connectivity index (χ0n) is 5.99. The lowest BCUT2D eigenvalue weighted by Crippen LogP contribution is -2.40. The molecule has 0 saturated carbocycles. The zero-order valence-corrected chi connectivity index (χ0v) is 5.99. The Morgan fingerprint density at radius 2 is 2.10 bits per heavy atom. The fourth-order valence-corrected chi connectivity index (χ4v) is 0.652. The van der Waals surface area contributed by atoms with Crippen LogP contribution in [0.1, 0.15) is 0 Å². The number of ether oxygens (including phenoxy) is 4. The van der Waals surface area contributed by atoms with E-state index in [2.05, 4.69) is 0 Å². The van der Waals surface area contributed by atoms with E-state index >= 15 is 0 Å². The van der Waals surface area contributed by atoms with E-state index < -0.39 is 6.16 Å². The van der Waals surface area contributed by atoms with Gasteiger partial charge in [-0.25, -0.2) is 0 Å². The van der Waals surface area contributed by atoms with Crippen LogP contribution >= 0.6 is 0 Å². The predicted molar refractivity (Wildman–Crippen MR) is 32.9 cm³/mol. The van der Waals surface area contributed by atoms with Crippen LogP contribution in [0.2, 0.25) is 0 Å². The molecule has 1 rings (SSSR count). The fraction of sp³-hybridized carbons (Fsp3) is 0.667. The minimum Gasteiger partial charge on any atom is -0.425 e. The van der Waals surface area contributed by atoms with E-state index in [0.717, 1.165) is 0 Å². The first kappa shape index (κ1) is 7.53. The van der Waals surface area contributed by atoms with Gasteiger partial charge in [0.2, 0.25) is 0 Å². The number of methoxy groups -OCH3 is 2. The van der Waals surface area contributed by atoms with Crippen molar-refractivity contribution in [2.24, 2.45) is 0 Å². The standard InChI is InChI=1S/C6H10O4/c1-7-6(8-2)9-4-3-5-10-6/h3-4H,5H2,1-2H3. The largest absolute Gasteiger partial charge is 0.460 e. The van der Waals surface area contributed by atoms with Crippen LogP contribution < -0.4 is 0 Å². The number of rotatable bonds is 2. The SMILES string of the molecule is COC1(OC)OC=CCO1. The van der Waals surface area contributed by atoms with Gasteiger partial charge in [-0.05, 0) is 6.08 Å². The minimum atomic E-state index is -1.32. The van der Waals surface area contributed by atoms with Crippen LogP contribution in [0.5, 0.6) is 0 Å². The van der Waals surface area contributed by atoms with Gasteiger partial charge in [-0.1, -0.05) is 0 Å². The Balaban J connectivity index is 2.55. The summed E-state index contributed by atoms with van der Waals surface area (Å²) in [6.45, 7) is 0.432. The van der Waals surface area contributed by atoms with Crippen molar-refractivity contribution in [3.05, 3.63) is 12.3 Å². The Bertz CT molecular complexity index is 128.